The predicted octanol–water partition coefficient (Wildman–Crippen LogP) is 0.459. The molecular formula is C10H14N4O6. The third kappa shape index (κ3) is 3.22. The van der Waals surface area contributed by atoms with Gasteiger partial charge in [0.05, 0.1) is 11.3 Å². The highest BCUT2D eigenvalue weighted by Gasteiger charge is 2.30. The van der Waals surface area contributed by atoms with Crippen LogP contribution in [0.3, 0.4) is 0 Å². The first-order valence-electron chi connectivity index (χ1n) is 5.70. The Morgan fingerprint density at radius 3 is 2.50 bits per heavy atom. The van der Waals surface area contributed by atoms with Gasteiger partial charge in [-0.15, -0.1) is 0 Å². The van der Waals surface area contributed by atoms with E-state index in [-0.39, 0.29) is 23.7 Å². The Labute approximate surface area is 113 Å². The van der Waals surface area contributed by atoms with Crippen molar-refractivity contribution in [1.29, 1.82) is 0 Å². The second-order valence-corrected chi connectivity index (χ2v) is 3.99. The molecule has 0 saturated heterocycles. The molecule has 0 aliphatic carbocycles. The minimum atomic E-state index is -1.48. The van der Waals surface area contributed by atoms with E-state index in [2.05, 4.69) is 10.4 Å². The van der Waals surface area contributed by atoms with Gasteiger partial charge in [0.2, 0.25) is 5.82 Å². The third-order valence-electron chi connectivity index (χ3n) is 2.57. The van der Waals surface area contributed by atoms with E-state index in [9.17, 15) is 19.7 Å². The van der Waals surface area contributed by atoms with Crippen molar-refractivity contribution < 1.29 is 24.7 Å². The normalized spacial score (nSPS) is 11.9. The van der Waals surface area contributed by atoms with Crippen molar-refractivity contribution in [1.82, 2.24) is 9.78 Å². The summed E-state index contributed by atoms with van der Waals surface area (Å²) in [6.07, 6.45) is -0.708. The number of carboxylic acids is 2. The number of rotatable bonds is 7. The van der Waals surface area contributed by atoms with Gasteiger partial charge < -0.3 is 15.5 Å². The fourth-order valence-corrected chi connectivity index (χ4v) is 1.70. The minimum Gasteiger partial charge on any atom is -0.481 e. The number of nitrogens with one attached hydrogen (secondary N) is 1. The molecule has 1 aromatic heterocycles. The zero-order chi connectivity index (χ0) is 15.4. The SMILES string of the molecule is CCn1nc(C)c([N+](=O)[O-])c1NC(CC(=O)O)C(=O)O. The number of aryl methyl sites for hydroxylation is 2. The smallest absolute Gasteiger partial charge is 0.333 e. The minimum absolute atomic E-state index is 0.108. The standard InChI is InChI=1S/C10H14N4O6/c1-3-13-9(8(14(19)20)5(2)12-13)11-6(10(17)18)4-7(15)16/h6,11H,3-4H2,1-2H3,(H,15,16)(H,17,18). The number of aromatic nitrogens is 2. The summed E-state index contributed by atoms with van der Waals surface area (Å²) in [6.45, 7) is 3.37. The first-order chi connectivity index (χ1) is 9.27. The van der Waals surface area contributed by atoms with Gasteiger partial charge in [0.15, 0.2) is 0 Å². The monoisotopic (exact) mass is 286 g/mol. The molecule has 1 heterocycles. The van der Waals surface area contributed by atoms with Crippen molar-refractivity contribution in [2.45, 2.75) is 32.9 Å². The maximum Gasteiger partial charge on any atom is 0.333 e. The zero-order valence-electron chi connectivity index (χ0n) is 10.9. The summed E-state index contributed by atoms with van der Waals surface area (Å²) in [5.74, 6) is -2.85. The van der Waals surface area contributed by atoms with Crippen molar-refractivity contribution >= 4 is 23.4 Å². The average Bonchev–Trinajstić information content (AvgIpc) is 2.63. The van der Waals surface area contributed by atoms with Gasteiger partial charge in [-0.25, -0.2) is 9.48 Å². The molecule has 110 valence electrons. The van der Waals surface area contributed by atoms with Gasteiger partial charge in [-0.05, 0) is 13.8 Å². The Bertz CT molecular complexity index is 552. The third-order valence-corrected chi connectivity index (χ3v) is 2.57. The van der Waals surface area contributed by atoms with Crippen LogP contribution < -0.4 is 5.32 Å². The van der Waals surface area contributed by atoms with Crippen molar-refractivity contribution in [3.05, 3.63) is 15.8 Å². The van der Waals surface area contributed by atoms with Crippen molar-refractivity contribution in [3.8, 4) is 0 Å². The number of carbonyl (C=O) groups is 2. The Balaban J connectivity index is 3.20. The average molecular weight is 286 g/mol. The molecule has 0 fully saturated rings. The lowest BCUT2D eigenvalue weighted by atomic mass is 10.2. The van der Waals surface area contributed by atoms with Crippen LogP contribution in [0, 0.1) is 17.0 Å². The summed E-state index contributed by atoms with van der Waals surface area (Å²) >= 11 is 0. The van der Waals surface area contributed by atoms with Crippen LogP contribution in [0.4, 0.5) is 11.5 Å². The molecule has 0 radical (unpaired) electrons. The molecule has 1 rings (SSSR count). The molecule has 0 spiro atoms. The number of nitrogens with zero attached hydrogens (tertiary/aromatic N) is 3. The lowest BCUT2D eigenvalue weighted by molar-refractivity contribution is -0.384. The summed E-state index contributed by atoms with van der Waals surface area (Å²) in [6, 6.07) is -1.48. The van der Waals surface area contributed by atoms with E-state index in [1.807, 2.05) is 0 Å². The Morgan fingerprint density at radius 2 is 2.10 bits per heavy atom. The van der Waals surface area contributed by atoms with Crippen LogP contribution in [0.15, 0.2) is 0 Å². The van der Waals surface area contributed by atoms with E-state index < -0.39 is 29.3 Å². The largest absolute Gasteiger partial charge is 0.481 e. The van der Waals surface area contributed by atoms with Gasteiger partial charge in [-0.1, -0.05) is 0 Å². The highest BCUT2D eigenvalue weighted by atomic mass is 16.6. The molecule has 10 nitrogen and oxygen atoms in total. The number of aliphatic carboxylic acids is 2. The van der Waals surface area contributed by atoms with E-state index in [0.717, 1.165) is 0 Å². The van der Waals surface area contributed by atoms with Crippen molar-refractivity contribution in [3.63, 3.8) is 0 Å². The molecule has 3 N–H and O–H groups in total. The summed E-state index contributed by atoms with van der Waals surface area (Å²) in [5, 5.41) is 34.9. The van der Waals surface area contributed by atoms with Crippen LogP contribution in [-0.2, 0) is 16.1 Å². The molecule has 0 aliphatic heterocycles. The molecule has 1 atom stereocenters. The number of hydrogen-bond donors (Lipinski definition) is 3. The van der Waals surface area contributed by atoms with Crippen molar-refractivity contribution in [2.24, 2.45) is 0 Å². The van der Waals surface area contributed by atoms with Gasteiger partial charge in [-0.3, -0.25) is 14.9 Å². The summed E-state index contributed by atoms with van der Waals surface area (Å²) < 4.78 is 1.23. The van der Waals surface area contributed by atoms with Gasteiger partial charge in [0.1, 0.15) is 11.7 Å². The van der Waals surface area contributed by atoms with Gasteiger partial charge in [0.25, 0.3) is 0 Å². The lowest BCUT2D eigenvalue weighted by Crippen LogP contribution is -2.33. The summed E-state index contributed by atoms with van der Waals surface area (Å²) in [5.41, 5.74) is -0.234. The Kier molecular flexibility index (Phi) is 4.62. The Morgan fingerprint density at radius 1 is 1.50 bits per heavy atom. The van der Waals surface area contributed by atoms with Crippen LogP contribution in [0.2, 0.25) is 0 Å². The van der Waals surface area contributed by atoms with E-state index in [4.69, 9.17) is 10.2 Å². The second kappa shape index (κ2) is 5.99. The summed E-state index contributed by atoms with van der Waals surface area (Å²) in [7, 11) is 0. The Hall–Kier alpha value is -2.65. The topological polar surface area (TPSA) is 148 Å². The molecule has 1 unspecified atom stereocenters. The van der Waals surface area contributed by atoms with Crippen molar-refractivity contribution in [2.75, 3.05) is 5.32 Å². The molecule has 20 heavy (non-hydrogen) atoms. The number of nitro groups is 1. The number of hydrogen-bond acceptors (Lipinski definition) is 6. The zero-order valence-corrected chi connectivity index (χ0v) is 10.9. The first kappa shape index (κ1) is 15.4. The number of carboxylic acid groups (broad SMARTS) is 2. The van der Waals surface area contributed by atoms with E-state index in [0.29, 0.717) is 0 Å². The van der Waals surface area contributed by atoms with E-state index in [1.165, 1.54) is 11.6 Å². The van der Waals surface area contributed by atoms with Crippen LogP contribution >= 0.6 is 0 Å². The molecule has 0 aliphatic rings. The van der Waals surface area contributed by atoms with Crippen LogP contribution in [0.5, 0.6) is 0 Å². The molecular weight excluding hydrogens is 272 g/mol. The predicted molar refractivity (Wildman–Crippen MR) is 66.6 cm³/mol. The molecule has 0 bridgehead atoms. The maximum absolute atomic E-state index is 11.0. The van der Waals surface area contributed by atoms with Gasteiger partial charge in [-0.2, -0.15) is 5.10 Å². The molecule has 0 aromatic carbocycles. The summed E-state index contributed by atoms with van der Waals surface area (Å²) in [4.78, 5) is 31.9. The molecule has 10 heteroatoms. The highest BCUT2D eigenvalue weighted by molar-refractivity contribution is 5.84. The van der Waals surface area contributed by atoms with E-state index >= 15 is 0 Å². The van der Waals surface area contributed by atoms with Crippen LogP contribution in [0.1, 0.15) is 19.0 Å². The molecule has 1 aromatic rings. The highest BCUT2D eigenvalue weighted by Crippen LogP contribution is 2.29. The van der Waals surface area contributed by atoms with Gasteiger partial charge in [0, 0.05) is 6.54 Å². The second-order valence-electron chi connectivity index (χ2n) is 3.99. The quantitative estimate of drug-likeness (QED) is 0.483. The lowest BCUT2D eigenvalue weighted by Gasteiger charge is -2.13. The van der Waals surface area contributed by atoms with Crippen LogP contribution in [0.25, 0.3) is 0 Å². The van der Waals surface area contributed by atoms with E-state index in [1.54, 1.807) is 6.92 Å². The fourth-order valence-electron chi connectivity index (χ4n) is 1.70. The number of anilines is 1. The van der Waals surface area contributed by atoms with Gasteiger partial charge >= 0.3 is 17.6 Å². The first-order valence-corrected chi connectivity index (χ1v) is 5.70. The maximum atomic E-state index is 11.0. The molecule has 0 amide bonds. The van der Waals surface area contributed by atoms with Crippen LogP contribution in [-0.4, -0.2) is 42.9 Å². The molecule has 0 saturated carbocycles. The fraction of sp³-hybridized carbons (Fsp3) is 0.500.